The monoisotopic (exact) mass is 348 g/mol. The summed E-state index contributed by atoms with van der Waals surface area (Å²) >= 11 is 0. The van der Waals surface area contributed by atoms with Crippen molar-refractivity contribution in [2.75, 3.05) is 19.6 Å². The Labute approximate surface area is 151 Å². The van der Waals surface area contributed by atoms with Crippen molar-refractivity contribution < 1.29 is 14.6 Å². The fourth-order valence-electron chi connectivity index (χ4n) is 3.15. The van der Waals surface area contributed by atoms with E-state index in [1.54, 1.807) is 0 Å². The van der Waals surface area contributed by atoms with Crippen LogP contribution < -0.4 is 5.32 Å². The number of carbonyl (C=O) groups excluding carboxylic acids is 1. The summed E-state index contributed by atoms with van der Waals surface area (Å²) in [4.78, 5) is 14.1. The van der Waals surface area contributed by atoms with Crippen LogP contribution in [0.25, 0.3) is 0 Å². The molecule has 25 heavy (non-hydrogen) atoms. The Kier molecular flexibility index (Phi) is 6.85. The third-order valence-corrected chi connectivity index (χ3v) is 4.52. The van der Waals surface area contributed by atoms with E-state index in [0.717, 1.165) is 38.0 Å². The predicted octanol–water partition coefficient (Wildman–Crippen LogP) is 3.48. The largest absolute Gasteiger partial charge is 0.444 e. The molecule has 1 saturated heterocycles. The number of piperidine rings is 1. The normalized spacial score (nSPS) is 19.6. The van der Waals surface area contributed by atoms with Gasteiger partial charge in [-0.2, -0.15) is 0 Å². The van der Waals surface area contributed by atoms with Gasteiger partial charge in [-0.05, 0) is 57.6 Å². The minimum Gasteiger partial charge on any atom is -0.444 e. The van der Waals surface area contributed by atoms with Gasteiger partial charge in [-0.1, -0.05) is 24.3 Å². The molecule has 0 radical (unpaired) electrons. The zero-order valence-electron chi connectivity index (χ0n) is 15.9. The topological polar surface area (TPSA) is 61.8 Å². The minimum atomic E-state index is -0.450. The molecule has 2 rings (SSSR count). The van der Waals surface area contributed by atoms with Gasteiger partial charge in [0.25, 0.3) is 0 Å². The zero-order valence-corrected chi connectivity index (χ0v) is 15.9. The van der Waals surface area contributed by atoms with E-state index in [-0.39, 0.29) is 18.7 Å². The van der Waals surface area contributed by atoms with Crippen LogP contribution in [-0.4, -0.2) is 41.3 Å². The molecule has 1 aliphatic rings. The number of amides is 1. The number of aliphatic hydroxyl groups is 1. The van der Waals surface area contributed by atoms with Crippen LogP contribution in [0.3, 0.4) is 0 Å². The molecule has 0 spiro atoms. The van der Waals surface area contributed by atoms with Gasteiger partial charge in [0.1, 0.15) is 5.60 Å². The molecule has 0 saturated carbocycles. The van der Waals surface area contributed by atoms with Crippen molar-refractivity contribution in [3.05, 3.63) is 35.4 Å². The SMILES string of the molecule is CC(NCC1CCCN(C(=O)OC(C)(C)C)C1)c1cccc(CO)c1. The van der Waals surface area contributed by atoms with Gasteiger partial charge in [-0.3, -0.25) is 0 Å². The molecule has 1 aromatic rings. The number of benzene rings is 1. The maximum Gasteiger partial charge on any atom is 0.410 e. The van der Waals surface area contributed by atoms with Crippen molar-refractivity contribution in [1.29, 1.82) is 0 Å². The van der Waals surface area contributed by atoms with Gasteiger partial charge in [-0.15, -0.1) is 0 Å². The molecule has 5 heteroatoms. The fourth-order valence-corrected chi connectivity index (χ4v) is 3.15. The first-order valence-electron chi connectivity index (χ1n) is 9.19. The Hall–Kier alpha value is -1.59. The number of hydrogen-bond donors (Lipinski definition) is 2. The molecular formula is C20H32N2O3. The van der Waals surface area contributed by atoms with Crippen molar-refractivity contribution in [2.45, 2.75) is 58.8 Å². The highest BCUT2D eigenvalue weighted by atomic mass is 16.6. The summed E-state index contributed by atoms with van der Waals surface area (Å²) in [6.07, 6.45) is 1.93. The van der Waals surface area contributed by atoms with Crippen molar-refractivity contribution in [3.8, 4) is 0 Å². The summed E-state index contributed by atoms with van der Waals surface area (Å²) in [5.41, 5.74) is 1.65. The lowest BCUT2D eigenvalue weighted by molar-refractivity contribution is 0.0165. The van der Waals surface area contributed by atoms with Crippen molar-refractivity contribution in [3.63, 3.8) is 0 Å². The van der Waals surface area contributed by atoms with Gasteiger partial charge in [-0.25, -0.2) is 4.79 Å². The Balaban J connectivity index is 1.84. The molecule has 0 bridgehead atoms. The van der Waals surface area contributed by atoms with E-state index in [2.05, 4.69) is 18.3 Å². The first kappa shape index (κ1) is 19.7. The highest BCUT2D eigenvalue weighted by molar-refractivity contribution is 5.68. The average Bonchev–Trinajstić information content (AvgIpc) is 2.58. The van der Waals surface area contributed by atoms with Crippen LogP contribution in [0, 0.1) is 5.92 Å². The van der Waals surface area contributed by atoms with Crippen molar-refractivity contribution in [1.82, 2.24) is 10.2 Å². The Morgan fingerprint density at radius 3 is 2.88 bits per heavy atom. The number of nitrogens with zero attached hydrogens (tertiary/aromatic N) is 1. The zero-order chi connectivity index (χ0) is 18.4. The highest BCUT2D eigenvalue weighted by Gasteiger charge is 2.27. The third kappa shape index (κ3) is 6.33. The molecule has 0 aliphatic carbocycles. The summed E-state index contributed by atoms with van der Waals surface area (Å²) in [6.45, 7) is 10.3. The Morgan fingerprint density at radius 2 is 2.20 bits per heavy atom. The second-order valence-electron chi connectivity index (χ2n) is 7.97. The van der Waals surface area contributed by atoms with E-state index in [0.29, 0.717) is 5.92 Å². The summed E-state index contributed by atoms with van der Waals surface area (Å²) in [7, 11) is 0. The maximum atomic E-state index is 12.2. The quantitative estimate of drug-likeness (QED) is 0.855. The molecule has 1 aromatic carbocycles. The number of ether oxygens (including phenoxy) is 1. The highest BCUT2D eigenvalue weighted by Crippen LogP contribution is 2.20. The van der Waals surface area contributed by atoms with Gasteiger partial charge in [0.15, 0.2) is 0 Å². The summed E-state index contributed by atoms with van der Waals surface area (Å²) < 4.78 is 5.49. The van der Waals surface area contributed by atoms with Crippen LogP contribution >= 0.6 is 0 Å². The van der Waals surface area contributed by atoms with E-state index < -0.39 is 5.60 Å². The first-order chi connectivity index (χ1) is 11.8. The number of rotatable bonds is 5. The van der Waals surface area contributed by atoms with Gasteiger partial charge < -0.3 is 20.1 Å². The molecule has 2 atom stereocenters. The molecule has 5 nitrogen and oxygen atoms in total. The smallest absolute Gasteiger partial charge is 0.410 e. The van der Waals surface area contributed by atoms with Crippen LogP contribution in [0.4, 0.5) is 4.79 Å². The molecular weight excluding hydrogens is 316 g/mol. The lowest BCUT2D eigenvalue weighted by Crippen LogP contribution is -2.45. The molecule has 2 N–H and O–H groups in total. The molecule has 0 aromatic heterocycles. The van der Waals surface area contributed by atoms with Crippen LogP contribution in [0.15, 0.2) is 24.3 Å². The second-order valence-corrected chi connectivity index (χ2v) is 7.97. The molecule has 1 aliphatic heterocycles. The standard InChI is InChI=1S/C20H32N2O3/c1-15(18-9-5-7-16(11-18)14-23)21-12-17-8-6-10-22(13-17)19(24)25-20(2,3)4/h5,7,9,11,15,17,21,23H,6,8,10,12-14H2,1-4H3. The van der Waals surface area contributed by atoms with Crippen LogP contribution in [0.1, 0.15) is 57.7 Å². The number of carbonyl (C=O) groups is 1. The predicted molar refractivity (Wildman–Crippen MR) is 99.3 cm³/mol. The Morgan fingerprint density at radius 1 is 1.44 bits per heavy atom. The van der Waals surface area contributed by atoms with E-state index in [4.69, 9.17) is 4.74 Å². The van der Waals surface area contributed by atoms with E-state index in [1.807, 2.05) is 43.9 Å². The molecule has 1 fully saturated rings. The summed E-state index contributed by atoms with van der Waals surface area (Å²) in [5.74, 6) is 0.435. The van der Waals surface area contributed by atoms with E-state index in [1.165, 1.54) is 5.56 Å². The summed E-state index contributed by atoms with van der Waals surface area (Å²) in [6, 6.07) is 8.22. The first-order valence-corrected chi connectivity index (χ1v) is 9.19. The maximum absolute atomic E-state index is 12.2. The number of aliphatic hydroxyl groups excluding tert-OH is 1. The van der Waals surface area contributed by atoms with E-state index >= 15 is 0 Å². The number of hydrogen-bond acceptors (Lipinski definition) is 4. The third-order valence-electron chi connectivity index (χ3n) is 4.52. The minimum absolute atomic E-state index is 0.0635. The number of likely N-dealkylation sites (tertiary alicyclic amines) is 1. The lowest BCUT2D eigenvalue weighted by atomic mass is 9.97. The van der Waals surface area contributed by atoms with Crippen LogP contribution in [-0.2, 0) is 11.3 Å². The fraction of sp³-hybridized carbons (Fsp3) is 0.650. The van der Waals surface area contributed by atoms with Gasteiger partial charge >= 0.3 is 6.09 Å². The molecule has 1 amide bonds. The van der Waals surface area contributed by atoms with E-state index in [9.17, 15) is 9.90 Å². The van der Waals surface area contributed by atoms with Crippen LogP contribution in [0.5, 0.6) is 0 Å². The molecule has 2 unspecified atom stereocenters. The number of nitrogens with one attached hydrogen (secondary N) is 1. The lowest BCUT2D eigenvalue weighted by Gasteiger charge is -2.34. The summed E-state index contributed by atoms with van der Waals surface area (Å²) in [5, 5.41) is 12.8. The van der Waals surface area contributed by atoms with Crippen LogP contribution in [0.2, 0.25) is 0 Å². The molecule has 140 valence electrons. The Bertz CT molecular complexity index is 568. The van der Waals surface area contributed by atoms with Crippen molar-refractivity contribution in [2.24, 2.45) is 5.92 Å². The average molecular weight is 348 g/mol. The molecule has 1 heterocycles. The van der Waals surface area contributed by atoms with Crippen molar-refractivity contribution >= 4 is 6.09 Å². The second kappa shape index (κ2) is 8.68. The van der Waals surface area contributed by atoms with Gasteiger partial charge in [0.2, 0.25) is 0 Å². The van der Waals surface area contributed by atoms with Gasteiger partial charge in [0.05, 0.1) is 6.61 Å². The van der Waals surface area contributed by atoms with Gasteiger partial charge in [0, 0.05) is 25.7 Å².